The highest BCUT2D eigenvalue weighted by Crippen LogP contribution is 2.42. The highest BCUT2D eigenvalue weighted by molar-refractivity contribution is 6.46. The summed E-state index contributed by atoms with van der Waals surface area (Å²) in [5.41, 5.74) is 1.70. The van der Waals surface area contributed by atoms with Crippen molar-refractivity contribution in [2.45, 2.75) is 26.3 Å². The van der Waals surface area contributed by atoms with Crippen molar-refractivity contribution in [3.05, 3.63) is 58.7 Å². The largest absolute Gasteiger partial charge is 0.507 e. The molecule has 33 heavy (non-hydrogen) atoms. The van der Waals surface area contributed by atoms with Crippen LogP contribution in [0.15, 0.2) is 42.0 Å². The lowest BCUT2D eigenvalue weighted by Gasteiger charge is -2.26. The normalized spacial score (nSPS) is 17.5. The first-order valence-corrected chi connectivity index (χ1v) is 10.7. The zero-order valence-electron chi connectivity index (χ0n) is 19.3. The van der Waals surface area contributed by atoms with Gasteiger partial charge in [0.2, 0.25) is 0 Å². The van der Waals surface area contributed by atoms with E-state index in [4.69, 9.17) is 14.2 Å². The number of ether oxygens (including phenoxy) is 3. The van der Waals surface area contributed by atoms with Gasteiger partial charge >= 0.3 is 0 Å². The molecule has 1 atom stereocenters. The number of benzene rings is 2. The highest BCUT2D eigenvalue weighted by atomic mass is 16.5. The number of Topliss-reactive ketones (excluding diaryl/α,β-unsaturated/α-hetero) is 1. The molecule has 1 aliphatic rings. The lowest BCUT2D eigenvalue weighted by atomic mass is 9.94. The van der Waals surface area contributed by atoms with Crippen LogP contribution < -0.4 is 9.47 Å². The van der Waals surface area contributed by atoms with Crippen molar-refractivity contribution in [1.29, 1.82) is 0 Å². The summed E-state index contributed by atoms with van der Waals surface area (Å²) < 4.78 is 15.9. The lowest BCUT2D eigenvalue weighted by molar-refractivity contribution is -0.140. The molecule has 0 radical (unpaired) electrons. The second-order valence-electron chi connectivity index (χ2n) is 7.68. The van der Waals surface area contributed by atoms with Crippen LogP contribution in [0.1, 0.15) is 36.1 Å². The third-order valence-electron chi connectivity index (χ3n) is 5.56. The number of nitrogens with zero attached hydrogens (tertiary/aromatic N) is 1. The Balaban J connectivity index is 2.16. The predicted octanol–water partition coefficient (Wildman–Crippen LogP) is 3.57. The number of aliphatic hydroxyl groups excluding tert-OH is 1. The molecule has 0 aliphatic carbocycles. The topological polar surface area (TPSA) is 106 Å². The average molecular weight is 456 g/mol. The van der Waals surface area contributed by atoms with E-state index >= 15 is 0 Å². The van der Waals surface area contributed by atoms with E-state index in [-0.39, 0.29) is 29.4 Å². The third kappa shape index (κ3) is 4.80. The molecule has 2 aromatic rings. The molecule has 1 heterocycles. The number of aryl methyl sites for hydroxylation is 1. The predicted molar refractivity (Wildman–Crippen MR) is 123 cm³/mol. The first kappa shape index (κ1) is 24.1. The monoisotopic (exact) mass is 455 g/mol. The molecule has 2 aromatic carbocycles. The Bertz CT molecular complexity index is 1080. The van der Waals surface area contributed by atoms with Gasteiger partial charge in [0.25, 0.3) is 11.7 Å². The van der Waals surface area contributed by atoms with Gasteiger partial charge in [-0.2, -0.15) is 0 Å². The van der Waals surface area contributed by atoms with Crippen molar-refractivity contribution in [3.63, 3.8) is 0 Å². The van der Waals surface area contributed by atoms with E-state index in [9.17, 15) is 19.8 Å². The van der Waals surface area contributed by atoms with E-state index in [0.717, 1.165) is 5.56 Å². The second-order valence-corrected chi connectivity index (χ2v) is 7.68. The van der Waals surface area contributed by atoms with Crippen molar-refractivity contribution < 1.29 is 34.0 Å². The van der Waals surface area contributed by atoms with Gasteiger partial charge in [-0.05, 0) is 61.7 Å². The van der Waals surface area contributed by atoms with Gasteiger partial charge in [0.15, 0.2) is 11.5 Å². The molecule has 0 aromatic heterocycles. The van der Waals surface area contributed by atoms with E-state index in [0.29, 0.717) is 36.5 Å². The van der Waals surface area contributed by atoms with Crippen LogP contribution in [0.4, 0.5) is 0 Å². The van der Waals surface area contributed by atoms with Crippen LogP contribution in [0.5, 0.6) is 17.2 Å². The summed E-state index contributed by atoms with van der Waals surface area (Å²) in [5.74, 6) is -0.920. The van der Waals surface area contributed by atoms with Crippen molar-refractivity contribution in [2.24, 2.45) is 0 Å². The number of aromatic hydroxyl groups is 1. The van der Waals surface area contributed by atoms with Crippen LogP contribution in [0, 0.1) is 6.92 Å². The zero-order chi connectivity index (χ0) is 24.1. The number of methoxy groups -OCH3 is 2. The van der Waals surface area contributed by atoms with Crippen LogP contribution in [0.3, 0.4) is 0 Å². The zero-order valence-corrected chi connectivity index (χ0v) is 19.3. The summed E-state index contributed by atoms with van der Waals surface area (Å²) in [6, 6.07) is 8.85. The van der Waals surface area contributed by atoms with Crippen molar-refractivity contribution >= 4 is 17.4 Å². The SMILES string of the molecule is CCOc1cc(C2/C(=C(\O)c3ccc(OC)c(C)c3)C(=O)C(=O)N2CCCOC)ccc1O. The van der Waals surface area contributed by atoms with E-state index in [1.54, 1.807) is 51.5 Å². The molecule has 1 fully saturated rings. The van der Waals surface area contributed by atoms with Gasteiger partial charge in [-0.3, -0.25) is 9.59 Å². The number of hydrogen-bond donors (Lipinski definition) is 2. The van der Waals surface area contributed by atoms with Crippen LogP contribution >= 0.6 is 0 Å². The number of ketones is 1. The number of phenolic OH excluding ortho intramolecular Hbond substituents is 1. The van der Waals surface area contributed by atoms with Crippen LogP contribution in [0.25, 0.3) is 5.76 Å². The van der Waals surface area contributed by atoms with Crippen molar-refractivity contribution in [2.75, 3.05) is 34.0 Å². The minimum Gasteiger partial charge on any atom is -0.507 e. The van der Waals surface area contributed by atoms with Crippen molar-refractivity contribution in [3.8, 4) is 17.2 Å². The fourth-order valence-electron chi connectivity index (χ4n) is 3.99. The van der Waals surface area contributed by atoms with E-state index in [1.165, 1.54) is 11.0 Å². The maximum absolute atomic E-state index is 13.1. The molecule has 1 amide bonds. The summed E-state index contributed by atoms with van der Waals surface area (Å²) >= 11 is 0. The number of likely N-dealkylation sites (tertiary alicyclic amines) is 1. The van der Waals surface area contributed by atoms with Crippen LogP contribution in [-0.4, -0.2) is 60.8 Å². The van der Waals surface area contributed by atoms with E-state index in [1.807, 2.05) is 6.92 Å². The van der Waals surface area contributed by atoms with Gasteiger partial charge in [0.1, 0.15) is 11.5 Å². The van der Waals surface area contributed by atoms with Crippen LogP contribution in [0.2, 0.25) is 0 Å². The summed E-state index contributed by atoms with van der Waals surface area (Å²) in [6.45, 7) is 4.61. The molecular weight excluding hydrogens is 426 g/mol. The van der Waals surface area contributed by atoms with Gasteiger partial charge < -0.3 is 29.3 Å². The smallest absolute Gasteiger partial charge is 0.295 e. The molecule has 176 valence electrons. The summed E-state index contributed by atoms with van der Waals surface area (Å²) in [6.07, 6.45) is 0.512. The Hall–Kier alpha value is -3.52. The van der Waals surface area contributed by atoms with Crippen molar-refractivity contribution in [1.82, 2.24) is 4.90 Å². The number of amides is 1. The Kier molecular flexibility index (Phi) is 7.60. The minimum atomic E-state index is -0.843. The standard InChI is InChI=1S/C25H29NO7/c1-5-33-20-14-16(7-9-18(20)27)22-21(24(29)25(30)26(22)11-6-12-31-3)23(28)17-8-10-19(32-4)15(2)13-17/h7-10,13-14,22,27-28H,5-6,11-12H2,1-4H3/b23-21+. The number of carbonyl (C=O) groups excluding carboxylic acids is 2. The Morgan fingerprint density at radius 2 is 1.85 bits per heavy atom. The summed E-state index contributed by atoms with van der Waals surface area (Å²) in [7, 11) is 3.11. The Morgan fingerprint density at radius 1 is 1.09 bits per heavy atom. The minimum absolute atomic E-state index is 0.0184. The van der Waals surface area contributed by atoms with Crippen LogP contribution in [-0.2, 0) is 14.3 Å². The molecule has 3 rings (SSSR count). The Morgan fingerprint density at radius 3 is 2.48 bits per heavy atom. The number of aliphatic hydroxyl groups is 1. The molecule has 2 N–H and O–H groups in total. The average Bonchev–Trinajstić information content (AvgIpc) is 3.05. The number of rotatable bonds is 9. The molecule has 1 aliphatic heterocycles. The molecule has 0 bridgehead atoms. The van der Waals surface area contributed by atoms with Gasteiger partial charge in [0, 0.05) is 25.8 Å². The highest BCUT2D eigenvalue weighted by Gasteiger charge is 2.46. The molecule has 1 unspecified atom stereocenters. The molecular formula is C25H29NO7. The van der Waals surface area contributed by atoms with Gasteiger partial charge in [-0.15, -0.1) is 0 Å². The molecule has 8 heteroatoms. The molecule has 0 spiro atoms. The third-order valence-corrected chi connectivity index (χ3v) is 5.56. The van der Waals surface area contributed by atoms with E-state index in [2.05, 4.69) is 0 Å². The maximum Gasteiger partial charge on any atom is 0.295 e. The lowest BCUT2D eigenvalue weighted by Crippen LogP contribution is -2.31. The van der Waals surface area contributed by atoms with Gasteiger partial charge in [-0.25, -0.2) is 0 Å². The fraction of sp³-hybridized carbons (Fsp3) is 0.360. The number of carbonyl (C=O) groups is 2. The maximum atomic E-state index is 13.1. The van der Waals surface area contributed by atoms with Gasteiger partial charge in [0.05, 0.1) is 25.3 Å². The quantitative estimate of drug-likeness (QED) is 0.258. The molecule has 8 nitrogen and oxygen atoms in total. The summed E-state index contributed by atoms with van der Waals surface area (Å²) in [5, 5.41) is 21.3. The Labute approximate surface area is 193 Å². The fourth-order valence-corrected chi connectivity index (χ4v) is 3.99. The summed E-state index contributed by atoms with van der Waals surface area (Å²) in [4.78, 5) is 27.5. The second kappa shape index (κ2) is 10.4. The molecule has 0 saturated carbocycles. The van der Waals surface area contributed by atoms with E-state index < -0.39 is 17.7 Å². The first-order valence-electron chi connectivity index (χ1n) is 10.7. The number of hydrogen-bond acceptors (Lipinski definition) is 7. The first-order chi connectivity index (χ1) is 15.8. The van der Waals surface area contributed by atoms with Gasteiger partial charge in [-0.1, -0.05) is 6.07 Å². The number of phenols is 1. The molecule has 1 saturated heterocycles.